The van der Waals surface area contributed by atoms with Crippen molar-refractivity contribution in [1.29, 1.82) is 0 Å². The third-order valence-corrected chi connectivity index (χ3v) is 5.02. The van der Waals surface area contributed by atoms with E-state index in [-0.39, 0.29) is 21.8 Å². The van der Waals surface area contributed by atoms with Gasteiger partial charge in [-0.05, 0) is 38.1 Å². The van der Waals surface area contributed by atoms with Gasteiger partial charge in [0.25, 0.3) is 17.5 Å². The molecule has 0 saturated carbocycles. The van der Waals surface area contributed by atoms with Crippen molar-refractivity contribution < 1.29 is 32.5 Å². The Balaban J connectivity index is 1.96. The summed E-state index contributed by atoms with van der Waals surface area (Å²) in [5.74, 6) is -2.41. The molecule has 12 nitrogen and oxygen atoms in total. The highest BCUT2D eigenvalue weighted by Crippen LogP contribution is 2.15. The Kier molecular flexibility index (Phi) is 7.62. The first kappa shape index (κ1) is 24.4. The van der Waals surface area contributed by atoms with Gasteiger partial charge in [0, 0.05) is 23.4 Å². The molecular formula is C19H20N4O8S. The number of benzene rings is 2. The third-order valence-electron chi connectivity index (χ3n) is 4.11. The number of nitro benzene ring substituents is 1. The van der Waals surface area contributed by atoms with Gasteiger partial charge >= 0.3 is 5.97 Å². The fraction of sp³-hybridized carbons (Fsp3) is 0.211. The van der Waals surface area contributed by atoms with E-state index in [0.717, 1.165) is 12.1 Å². The highest BCUT2D eigenvalue weighted by molar-refractivity contribution is 7.89. The SMILES string of the molecule is CC(OC(=O)[C@H](C)NC(=O)c1cccc([N+](=O)[O-])c1)C(=O)Nc1cccc(S(N)(=O)=O)c1. The number of ether oxygens (including phenoxy) is 1. The highest BCUT2D eigenvalue weighted by Gasteiger charge is 2.24. The Hall–Kier alpha value is -3.84. The molecule has 0 spiro atoms. The van der Waals surface area contributed by atoms with Crippen molar-refractivity contribution in [2.24, 2.45) is 5.14 Å². The zero-order valence-corrected chi connectivity index (χ0v) is 17.8. The van der Waals surface area contributed by atoms with Gasteiger partial charge in [-0.15, -0.1) is 0 Å². The smallest absolute Gasteiger partial charge is 0.329 e. The summed E-state index contributed by atoms with van der Waals surface area (Å²) >= 11 is 0. The van der Waals surface area contributed by atoms with Crippen LogP contribution in [0.1, 0.15) is 24.2 Å². The summed E-state index contributed by atoms with van der Waals surface area (Å²) < 4.78 is 27.8. The number of hydrogen-bond acceptors (Lipinski definition) is 8. The molecule has 32 heavy (non-hydrogen) atoms. The molecule has 0 radical (unpaired) electrons. The van der Waals surface area contributed by atoms with Crippen LogP contribution in [0, 0.1) is 10.1 Å². The zero-order valence-electron chi connectivity index (χ0n) is 17.0. The van der Waals surface area contributed by atoms with Crippen molar-refractivity contribution in [3.63, 3.8) is 0 Å². The van der Waals surface area contributed by atoms with Gasteiger partial charge in [-0.1, -0.05) is 12.1 Å². The largest absolute Gasteiger partial charge is 0.451 e. The highest BCUT2D eigenvalue weighted by atomic mass is 32.2. The molecule has 1 unspecified atom stereocenters. The first-order valence-corrected chi connectivity index (χ1v) is 10.6. The molecule has 0 fully saturated rings. The number of carbonyl (C=O) groups is 3. The number of sulfonamides is 1. The minimum Gasteiger partial charge on any atom is -0.451 e. The Bertz CT molecular complexity index is 1170. The fourth-order valence-corrected chi connectivity index (χ4v) is 2.98. The lowest BCUT2D eigenvalue weighted by molar-refractivity contribution is -0.384. The van der Waals surface area contributed by atoms with Crippen molar-refractivity contribution in [2.75, 3.05) is 5.32 Å². The maximum Gasteiger partial charge on any atom is 0.329 e. The van der Waals surface area contributed by atoms with E-state index in [1.807, 2.05) is 0 Å². The molecule has 13 heteroatoms. The van der Waals surface area contributed by atoms with Crippen LogP contribution in [0.5, 0.6) is 0 Å². The van der Waals surface area contributed by atoms with E-state index in [1.165, 1.54) is 50.2 Å². The van der Waals surface area contributed by atoms with Crippen molar-refractivity contribution >= 4 is 39.2 Å². The van der Waals surface area contributed by atoms with Gasteiger partial charge in [0.1, 0.15) is 6.04 Å². The van der Waals surface area contributed by atoms with Crippen LogP contribution < -0.4 is 15.8 Å². The summed E-state index contributed by atoms with van der Waals surface area (Å²) in [6.07, 6.45) is -1.28. The van der Waals surface area contributed by atoms with Gasteiger partial charge in [-0.2, -0.15) is 0 Å². The predicted octanol–water partition coefficient (Wildman–Crippen LogP) is 0.931. The van der Waals surface area contributed by atoms with E-state index in [4.69, 9.17) is 9.88 Å². The van der Waals surface area contributed by atoms with E-state index in [2.05, 4.69) is 10.6 Å². The van der Waals surface area contributed by atoms with Crippen LogP contribution in [0.3, 0.4) is 0 Å². The second-order valence-corrected chi connectivity index (χ2v) is 8.21. The lowest BCUT2D eigenvalue weighted by Gasteiger charge is -2.17. The van der Waals surface area contributed by atoms with Gasteiger partial charge < -0.3 is 15.4 Å². The van der Waals surface area contributed by atoms with Crippen LogP contribution in [0.15, 0.2) is 53.4 Å². The van der Waals surface area contributed by atoms with Crippen LogP contribution in [-0.2, 0) is 24.3 Å². The lowest BCUT2D eigenvalue weighted by Crippen LogP contribution is -2.42. The Labute approximate surface area is 182 Å². The summed E-state index contributed by atoms with van der Waals surface area (Å²) in [7, 11) is -3.97. The molecule has 2 atom stereocenters. The van der Waals surface area contributed by atoms with Crippen LogP contribution >= 0.6 is 0 Å². The lowest BCUT2D eigenvalue weighted by atomic mass is 10.2. The maximum atomic E-state index is 12.3. The van der Waals surface area contributed by atoms with E-state index in [9.17, 15) is 32.9 Å². The number of primary sulfonamides is 1. The summed E-state index contributed by atoms with van der Waals surface area (Å²) in [6, 6.07) is 8.96. The number of nitro groups is 1. The monoisotopic (exact) mass is 464 g/mol. The Morgan fingerprint density at radius 3 is 2.38 bits per heavy atom. The average Bonchev–Trinajstić information content (AvgIpc) is 2.73. The van der Waals surface area contributed by atoms with Crippen molar-refractivity contribution in [3.05, 3.63) is 64.2 Å². The first-order valence-electron chi connectivity index (χ1n) is 9.08. The van der Waals surface area contributed by atoms with Crippen molar-refractivity contribution in [3.8, 4) is 0 Å². The number of nitrogens with one attached hydrogen (secondary N) is 2. The standard InChI is InChI=1S/C19H20N4O8S/c1-11(21-18(25)13-5-3-7-15(9-13)23(27)28)19(26)31-12(2)17(24)22-14-6-4-8-16(10-14)32(20,29)30/h3-12H,1-2H3,(H,21,25)(H,22,24)(H2,20,29,30)/t11-,12?/m0/s1. The molecule has 170 valence electrons. The third kappa shape index (κ3) is 6.58. The number of non-ortho nitro benzene ring substituents is 1. The normalized spacial score (nSPS) is 12.8. The quantitative estimate of drug-likeness (QED) is 0.292. The van der Waals surface area contributed by atoms with Gasteiger partial charge in [0.2, 0.25) is 10.0 Å². The van der Waals surface area contributed by atoms with Gasteiger partial charge in [0.15, 0.2) is 6.10 Å². The summed E-state index contributed by atoms with van der Waals surface area (Å²) in [5, 5.41) is 20.6. The molecule has 2 aromatic carbocycles. The molecule has 4 N–H and O–H groups in total. The number of esters is 1. The van der Waals surface area contributed by atoms with E-state index >= 15 is 0 Å². The molecule has 0 heterocycles. The number of nitrogens with two attached hydrogens (primary N) is 1. The summed E-state index contributed by atoms with van der Waals surface area (Å²) in [4.78, 5) is 46.6. The Morgan fingerprint density at radius 2 is 1.75 bits per heavy atom. The molecule has 2 amide bonds. The van der Waals surface area contributed by atoms with E-state index < -0.39 is 44.9 Å². The number of rotatable bonds is 8. The number of anilines is 1. The van der Waals surface area contributed by atoms with Crippen molar-refractivity contribution in [1.82, 2.24) is 5.32 Å². The molecule has 2 aromatic rings. The number of carbonyl (C=O) groups excluding carboxylic acids is 3. The summed E-state index contributed by atoms with van der Waals surface area (Å²) in [6.45, 7) is 2.60. The van der Waals surface area contributed by atoms with Gasteiger partial charge in [0.05, 0.1) is 9.82 Å². The molecule has 0 aliphatic heterocycles. The molecule has 0 aromatic heterocycles. The Morgan fingerprint density at radius 1 is 1.09 bits per heavy atom. The topological polar surface area (TPSA) is 188 Å². The van der Waals surface area contributed by atoms with Crippen molar-refractivity contribution in [2.45, 2.75) is 30.9 Å². The maximum absolute atomic E-state index is 12.3. The molecule has 0 aliphatic carbocycles. The van der Waals surface area contributed by atoms with Gasteiger partial charge in [-0.3, -0.25) is 19.7 Å². The van der Waals surface area contributed by atoms with Gasteiger partial charge in [-0.25, -0.2) is 18.4 Å². The van der Waals surface area contributed by atoms with Crippen LogP contribution in [-0.4, -0.2) is 43.3 Å². The second-order valence-electron chi connectivity index (χ2n) is 6.64. The zero-order chi connectivity index (χ0) is 24.1. The molecule has 2 rings (SSSR count). The van der Waals surface area contributed by atoms with E-state index in [0.29, 0.717) is 0 Å². The van der Waals surface area contributed by atoms with Crippen LogP contribution in [0.4, 0.5) is 11.4 Å². The molecule has 0 bridgehead atoms. The fourth-order valence-electron chi connectivity index (χ4n) is 2.42. The second kappa shape index (κ2) is 9.98. The number of hydrogen-bond donors (Lipinski definition) is 3. The molecule has 0 saturated heterocycles. The van der Waals surface area contributed by atoms with Crippen LogP contribution in [0.25, 0.3) is 0 Å². The number of amides is 2. The molecular weight excluding hydrogens is 444 g/mol. The van der Waals surface area contributed by atoms with E-state index in [1.54, 1.807) is 0 Å². The first-order chi connectivity index (χ1) is 14.9. The minimum atomic E-state index is -3.97. The molecule has 0 aliphatic rings. The predicted molar refractivity (Wildman–Crippen MR) is 112 cm³/mol. The number of nitrogens with zero attached hydrogens (tertiary/aromatic N) is 1. The average molecular weight is 464 g/mol. The van der Waals surface area contributed by atoms with Crippen LogP contribution in [0.2, 0.25) is 0 Å². The minimum absolute atomic E-state index is 0.0284. The summed E-state index contributed by atoms with van der Waals surface area (Å²) in [5.41, 5.74) is -0.194.